The van der Waals surface area contributed by atoms with Crippen LogP contribution in [0.5, 0.6) is 5.75 Å². The van der Waals surface area contributed by atoms with Crippen LogP contribution in [0, 0.1) is 0 Å². The Kier molecular flexibility index (Phi) is 7.70. The first-order valence-electron chi connectivity index (χ1n) is 9.97. The second-order valence-corrected chi connectivity index (χ2v) is 7.57. The van der Waals surface area contributed by atoms with Crippen molar-refractivity contribution >= 4 is 34.9 Å². The molecule has 166 valence electrons. The molecule has 3 aromatic carbocycles. The van der Waals surface area contributed by atoms with E-state index in [0.29, 0.717) is 34.3 Å². The molecule has 0 fully saturated rings. The molecule has 1 amide bonds. The van der Waals surface area contributed by atoms with E-state index in [1.54, 1.807) is 42.5 Å². The monoisotopic (exact) mass is 453 g/mol. The maximum Gasteiger partial charge on any atom is 0.341 e. The minimum Gasteiger partial charge on any atom is -0.482 e. The molecule has 0 bridgehead atoms. The molecule has 3 aromatic rings. The van der Waals surface area contributed by atoms with E-state index in [-0.39, 0.29) is 11.9 Å². The maximum absolute atomic E-state index is 13.0. The topological polar surface area (TPSA) is 114 Å². The summed E-state index contributed by atoms with van der Waals surface area (Å²) in [5, 5.41) is 15.5. The van der Waals surface area contributed by atoms with Gasteiger partial charge in [0.25, 0.3) is 5.91 Å². The Morgan fingerprint density at radius 2 is 1.81 bits per heavy atom. The zero-order valence-electron chi connectivity index (χ0n) is 17.5. The van der Waals surface area contributed by atoms with Crippen LogP contribution in [-0.4, -0.2) is 23.6 Å². The van der Waals surface area contributed by atoms with Crippen LogP contribution in [0.1, 0.15) is 34.5 Å². The molecule has 0 saturated heterocycles. The maximum atomic E-state index is 13.0. The fourth-order valence-corrected chi connectivity index (χ4v) is 3.35. The zero-order chi connectivity index (χ0) is 23.1. The molecule has 0 aliphatic rings. The number of hydrogen-bond donors (Lipinski definition) is 4. The fourth-order valence-electron chi connectivity index (χ4n) is 3.17. The Balaban J connectivity index is 1.82. The van der Waals surface area contributed by atoms with Crippen LogP contribution in [0.25, 0.3) is 0 Å². The lowest BCUT2D eigenvalue weighted by Crippen LogP contribution is -2.17. The van der Waals surface area contributed by atoms with E-state index in [0.717, 1.165) is 11.1 Å². The van der Waals surface area contributed by atoms with Gasteiger partial charge in [-0.2, -0.15) is 0 Å². The first-order valence-corrected chi connectivity index (χ1v) is 10.3. The van der Waals surface area contributed by atoms with Crippen LogP contribution in [-0.2, 0) is 11.3 Å². The van der Waals surface area contributed by atoms with E-state index in [9.17, 15) is 9.59 Å². The minimum absolute atomic E-state index is 0.281. The third-order valence-electron chi connectivity index (χ3n) is 4.78. The summed E-state index contributed by atoms with van der Waals surface area (Å²) >= 11 is 6.16. The van der Waals surface area contributed by atoms with Gasteiger partial charge in [-0.1, -0.05) is 41.9 Å². The number of para-hydroxylation sites is 1. The average molecular weight is 454 g/mol. The van der Waals surface area contributed by atoms with Gasteiger partial charge in [-0.15, -0.1) is 0 Å². The van der Waals surface area contributed by atoms with Gasteiger partial charge in [0, 0.05) is 28.5 Å². The van der Waals surface area contributed by atoms with Gasteiger partial charge in [0.1, 0.15) is 5.75 Å². The number of hydrogen-bond acceptors (Lipinski definition) is 5. The molecule has 0 aliphatic heterocycles. The van der Waals surface area contributed by atoms with Gasteiger partial charge in [0.2, 0.25) is 0 Å². The number of halogens is 1. The van der Waals surface area contributed by atoms with E-state index in [1.165, 1.54) is 0 Å². The first kappa shape index (κ1) is 23.1. The molecule has 0 saturated carbocycles. The third kappa shape index (κ3) is 6.00. The quantitative estimate of drug-likeness (QED) is 0.374. The van der Waals surface area contributed by atoms with Crippen molar-refractivity contribution in [2.24, 2.45) is 5.73 Å². The van der Waals surface area contributed by atoms with Crippen molar-refractivity contribution in [3.05, 3.63) is 88.4 Å². The Bertz CT molecular complexity index is 1100. The Morgan fingerprint density at radius 3 is 2.50 bits per heavy atom. The van der Waals surface area contributed by atoms with Crippen molar-refractivity contribution in [1.29, 1.82) is 0 Å². The smallest absolute Gasteiger partial charge is 0.341 e. The molecule has 1 atom stereocenters. The second kappa shape index (κ2) is 10.7. The van der Waals surface area contributed by atoms with Crippen molar-refractivity contribution < 1.29 is 19.4 Å². The Morgan fingerprint density at radius 1 is 1.09 bits per heavy atom. The van der Waals surface area contributed by atoms with Gasteiger partial charge in [-0.05, 0) is 48.9 Å². The number of ether oxygens (including phenoxy) is 1. The number of benzene rings is 3. The van der Waals surface area contributed by atoms with Crippen LogP contribution in [0.2, 0.25) is 5.02 Å². The number of rotatable bonds is 9. The Hall–Kier alpha value is -3.55. The summed E-state index contributed by atoms with van der Waals surface area (Å²) in [6, 6.07) is 19.2. The van der Waals surface area contributed by atoms with Crippen LogP contribution >= 0.6 is 11.6 Å². The molecule has 3 rings (SSSR count). The highest BCUT2D eigenvalue weighted by Gasteiger charge is 2.17. The third-order valence-corrected chi connectivity index (χ3v) is 5.02. The summed E-state index contributed by atoms with van der Waals surface area (Å²) < 4.78 is 5.40. The van der Waals surface area contributed by atoms with Gasteiger partial charge in [-0.3, -0.25) is 4.79 Å². The number of aliphatic carboxylic acids is 1. The normalized spacial score (nSPS) is 11.5. The SMILES string of the molecule is CC(Nc1ccc(Cl)cc1C(=O)Nc1ccc(CN)cc1)c1ccccc1OCC(=O)O. The number of carboxylic acid groups (broad SMARTS) is 1. The molecule has 32 heavy (non-hydrogen) atoms. The van der Waals surface area contributed by atoms with Crippen molar-refractivity contribution in [3.63, 3.8) is 0 Å². The lowest BCUT2D eigenvalue weighted by Gasteiger charge is -2.21. The number of nitrogens with one attached hydrogen (secondary N) is 2. The lowest BCUT2D eigenvalue weighted by molar-refractivity contribution is -0.139. The zero-order valence-corrected chi connectivity index (χ0v) is 18.2. The molecule has 1 unspecified atom stereocenters. The number of nitrogens with two attached hydrogens (primary N) is 1. The van der Waals surface area contributed by atoms with Gasteiger partial charge < -0.3 is 26.2 Å². The number of carbonyl (C=O) groups is 2. The average Bonchev–Trinajstić information content (AvgIpc) is 2.79. The summed E-state index contributed by atoms with van der Waals surface area (Å²) in [5.41, 5.74) is 8.92. The van der Waals surface area contributed by atoms with Crippen LogP contribution in [0.15, 0.2) is 66.7 Å². The predicted molar refractivity (Wildman–Crippen MR) is 125 cm³/mol. The van der Waals surface area contributed by atoms with E-state index in [2.05, 4.69) is 10.6 Å². The van der Waals surface area contributed by atoms with E-state index in [1.807, 2.05) is 31.2 Å². The van der Waals surface area contributed by atoms with Gasteiger partial charge in [0.05, 0.1) is 11.6 Å². The summed E-state index contributed by atoms with van der Waals surface area (Å²) in [5.74, 6) is -0.926. The predicted octanol–water partition coefficient (Wildman–Crippen LogP) is 4.69. The molecule has 7 nitrogen and oxygen atoms in total. The Labute approximate surface area is 191 Å². The molecule has 0 heterocycles. The van der Waals surface area contributed by atoms with Crippen LogP contribution < -0.4 is 21.1 Å². The molecule has 0 spiro atoms. The first-order chi connectivity index (χ1) is 15.4. The van der Waals surface area contributed by atoms with Gasteiger partial charge in [-0.25, -0.2) is 4.79 Å². The van der Waals surface area contributed by atoms with Crippen molar-refractivity contribution in [2.75, 3.05) is 17.2 Å². The van der Waals surface area contributed by atoms with E-state index >= 15 is 0 Å². The molecule has 8 heteroatoms. The number of amides is 1. The largest absolute Gasteiger partial charge is 0.482 e. The fraction of sp³-hybridized carbons (Fsp3) is 0.167. The minimum atomic E-state index is -1.06. The number of anilines is 2. The van der Waals surface area contributed by atoms with Gasteiger partial charge in [0.15, 0.2) is 6.61 Å². The highest BCUT2D eigenvalue weighted by Crippen LogP contribution is 2.30. The van der Waals surface area contributed by atoms with Crippen molar-refractivity contribution in [1.82, 2.24) is 0 Å². The van der Waals surface area contributed by atoms with E-state index in [4.69, 9.17) is 27.2 Å². The number of carbonyl (C=O) groups excluding carboxylic acids is 1. The second-order valence-electron chi connectivity index (χ2n) is 7.13. The number of carboxylic acids is 1. The molecule has 0 aromatic heterocycles. The molecule has 5 N–H and O–H groups in total. The lowest BCUT2D eigenvalue weighted by atomic mass is 10.1. The van der Waals surface area contributed by atoms with Crippen LogP contribution in [0.3, 0.4) is 0 Å². The summed E-state index contributed by atoms with van der Waals surface area (Å²) in [6.07, 6.45) is 0. The highest BCUT2D eigenvalue weighted by atomic mass is 35.5. The highest BCUT2D eigenvalue weighted by molar-refractivity contribution is 6.31. The standard InChI is InChI=1S/C24H24ClN3O4/c1-15(19-4-2-3-5-22(19)32-14-23(29)30)27-21-11-8-17(25)12-20(21)24(31)28-18-9-6-16(13-26)7-10-18/h2-12,15,27H,13-14,26H2,1H3,(H,28,31)(H,29,30). The van der Waals surface area contributed by atoms with Crippen molar-refractivity contribution in [3.8, 4) is 5.75 Å². The summed E-state index contributed by atoms with van der Waals surface area (Å²) in [7, 11) is 0. The van der Waals surface area contributed by atoms with Crippen molar-refractivity contribution in [2.45, 2.75) is 19.5 Å². The molecule has 0 aliphatic carbocycles. The molecular weight excluding hydrogens is 430 g/mol. The van der Waals surface area contributed by atoms with Gasteiger partial charge >= 0.3 is 5.97 Å². The summed E-state index contributed by atoms with van der Waals surface area (Å²) in [4.78, 5) is 23.9. The molecule has 0 radical (unpaired) electrons. The summed E-state index contributed by atoms with van der Waals surface area (Å²) in [6.45, 7) is 1.87. The van der Waals surface area contributed by atoms with E-state index < -0.39 is 12.6 Å². The van der Waals surface area contributed by atoms with Crippen LogP contribution in [0.4, 0.5) is 11.4 Å². The molecular formula is C24H24ClN3O4.